The van der Waals surface area contributed by atoms with Gasteiger partial charge in [0.1, 0.15) is 0 Å². The van der Waals surface area contributed by atoms with Gasteiger partial charge in [-0.1, -0.05) is 49.8 Å². The molecular weight excluding hydrogens is 390 g/mol. The van der Waals surface area contributed by atoms with Gasteiger partial charge in [0, 0.05) is 24.6 Å². The Kier molecular flexibility index (Phi) is 11.0. The van der Waals surface area contributed by atoms with Crippen molar-refractivity contribution >= 4 is 21.7 Å². The van der Waals surface area contributed by atoms with Gasteiger partial charge < -0.3 is 10.6 Å². The fourth-order valence-corrected chi connectivity index (χ4v) is 4.41. The Balaban J connectivity index is 1.43. The Morgan fingerprint density at radius 1 is 1.10 bits per heavy atom. The maximum absolute atomic E-state index is 11.9. The van der Waals surface area contributed by atoms with E-state index < -0.39 is 10.0 Å². The normalized spacial score (nSPS) is 15.2. The number of unbranched alkanes of at least 4 members (excludes halogenated alkanes) is 3. The Bertz CT molecular complexity index is 679. The summed E-state index contributed by atoms with van der Waals surface area (Å²) in [6.07, 6.45) is 13.9. The number of anilines is 1. The van der Waals surface area contributed by atoms with E-state index in [-0.39, 0.29) is 11.7 Å². The molecule has 1 saturated carbocycles. The fraction of sp³-hybridized carbons (Fsp3) is 0.700. The summed E-state index contributed by atoms with van der Waals surface area (Å²) >= 11 is 0. The van der Waals surface area contributed by atoms with E-state index in [2.05, 4.69) is 20.5 Å². The largest absolute Gasteiger partial charge is 0.356 e. The molecule has 164 valence electrons. The van der Waals surface area contributed by atoms with Crippen molar-refractivity contribution in [2.45, 2.75) is 64.2 Å². The fourth-order valence-electron chi connectivity index (χ4n) is 3.48. The Labute approximate surface area is 174 Å². The van der Waals surface area contributed by atoms with Crippen molar-refractivity contribution in [2.75, 3.05) is 24.2 Å². The van der Waals surface area contributed by atoms with Gasteiger partial charge in [0.05, 0.1) is 12.4 Å². The van der Waals surface area contributed by atoms with Crippen molar-refractivity contribution in [1.82, 2.24) is 15.2 Å². The van der Waals surface area contributed by atoms with Gasteiger partial charge in [0.2, 0.25) is 10.0 Å². The van der Waals surface area contributed by atoms with Crippen LogP contribution >= 0.6 is 0 Å². The van der Waals surface area contributed by atoms with Gasteiger partial charge in [-0.15, -0.1) is 0 Å². The summed E-state index contributed by atoms with van der Waals surface area (Å²) < 4.78 is 23.9. The molecule has 0 aliphatic heterocycles. The van der Waals surface area contributed by atoms with E-state index in [9.17, 15) is 8.42 Å². The first-order valence-electron chi connectivity index (χ1n) is 10.7. The average molecular weight is 426 g/mol. The van der Waals surface area contributed by atoms with E-state index >= 15 is 0 Å². The van der Waals surface area contributed by atoms with E-state index in [1.165, 1.54) is 32.1 Å². The zero-order valence-electron chi connectivity index (χ0n) is 17.2. The highest BCUT2D eigenvalue weighted by Crippen LogP contribution is 2.25. The third-order valence-electron chi connectivity index (χ3n) is 5.13. The highest BCUT2D eigenvalue weighted by atomic mass is 32.2. The lowest BCUT2D eigenvalue weighted by Crippen LogP contribution is -2.30. The predicted molar refractivity (Wildman–Crippen MR) is 116 cm³/mol. The van der Waals surface area contributed by atoms with Gasteiger partial charge in [-0.25, -0.2) is 8.42 Å². The highest BCUT2D eigenvalue weighted by Gasteiger charge is 2.14. The van der Waals surface area contributed by atoms with E-state index in [1.807, 2.05) is 0 Å². The molecule has 0 unspecified atom stereocenters. The topological polar surface area (TPSA) is 116 Å². The number of hydrogen-bond acceptors (Lipinski definition) is 5. The van der Waals surface area contributed by atoms with Crippen LogP contribution in [0.4, 0.5) is 5.69 Å². The van der Waals surface area contributed by atoms with Gasteiger partial charge >= 0.3 is 0 Å². The summed E-state index contributed by atoms with van der Waals surface area (Å²) in [6, 6.07) is 3.59. The molecule has 1 aliphatic rings. The standard InChI is InChI=1S/C20H35N5O3S/c21-20(24-19-10-14-22-15-11-19)23-13-6-1-2-7-17-29(26,27)25-28-16-12-18-8-4-3-5-9-18/h10-11,14-15,18,25H,1-9,12-13,16-17H2,(H3,21,22,23,24). The molecule has 1 aliphatic carbocycles. The maximum Gasteiger partial charge on any atom is 0.233 e. The minimum absolute atomic E-state index is 0.0866. The smallest absolute Gasteiger partial charge is 0.233 e. The van der Waals surface area contributed by atoms with Crippen LogP contribution in [0.3, 0.4) is 0 Å². The molecule has 0 radical (unpaired) electrons. The molecule has 0 spiro atoms. The molecule has 4 N–H and O–H groups in total. The number of rotatable bonds is 13. The lowest BCUT2D eigenvalue weighted by atomic mass is 9.87. The molecule has 1 fully saturated rings. The van der Waals surface area contributed by atoms with Gasteiger partial charge in [0.15, 0.2) is 5.96 Å². The molecule has 0 amide bonds. The predicted octanol–water partition coefficient (Wildman–Crippen LogP) is 3.40. The highest BCUT2D eigenvalue weighted by molar-refractivity contribution is 7.89. The van der Waals surface area contributed by atoms with Crippen molar-refractivity contribution in [2.24, 2.45) is 5.92 Å². The molecule has 0 aromatic carbocycles. The SMILES string of the molecule is N=C(NCCCCCCS(=O)(=O)NOCCC1CCCCC1)Nc1ccncc1. The van der Waals surface area contributed by atoms with Gasteiger partial charge in [-0.05, 0) is 37.3 Å². The summed E-state index contributed by atoms with van der Waals surface area (Å²) in [5.74, 6) is 1.01. The maximum atomic E-state index is 11.9. The van der Waals surface area contributed by atoms with E-state index in [0.29, 0.717) is 25.5 Å². The molecule has 9 heteroatoms. The molecule has 0 bridgehead atoms. The summed E-state index contributed by atoms with van der Waals surface area (Å²) in [5.41, 5.74) is 0.816. The average Bonchev–Trinajstić information content (AvgIpc) is 2.72. The minimum atomic E-state index is -3.36. The van der Waals surface area contributed by atoms with Crippen LogP contribution < -0.4 is 15.5 Å². The summed E-state index contributed by atoms with van der Waals surface area (Å²) in [7, 11) is -3.36. The van der Waals surface area contributed by atoms with Crippen LogP contribution in [0.5, 0.6) is 0 Å². The van der Waals surface area contributed by atoms with Crippen LogP contribution in [0, 0.1) is 11.3 Å². The number of hydrogen-bond donors (Lipinski definition) is 4. The monoisotopic (exact) mass is 425 g/mol. The molecule has 1 aromatic heterocycles. The molecule has 1 aromatic rings. The van der Waals surface area contributed by atoms with Crippen molar-refractivity contribution < 1.29 is 13.3 Å². The van der Waals surface area contributed by atoms with Crippen molar-refractivity contribution in [3.05, 3.63) is 24.5 Å². The number of pyridine rings is 1. The molecular formula is C20H35N5O3S. The molecule has 0 saturated heterocycles. The molecule has 2 rings (SSSR count). The summed E-state index contributed by atoms with van der Waals surface area (Å²) in [6.45, 7) is 1.13. The quantitative estimate of drug-likeness (QED) is 0.167. The second kappa shape index (κ2) is 13.5. The summed E-state index contributed by atoms with van der Waals surface area (Å²) in [5, 5.41) is 13.8. The van der Waals surface area contributed by atoms with Gasteiger partial charge in [-0.3, -0.25) is 15.2 Å². The minimum Gasteiger partial charge on any atom is -0.356 e. The third kappa shape index (κ3) is 11.2. The molecule has 29 heavy (non-hydrogen) atoms. The number of guanidine groups is 1. The van der Waals surface area contributed by atoms with Crippen molar-refractivity contribution in [3.8, 4) is 0 Å². The van der Waals surface area contributed by atoms with E-state index in [0.717, 1.165) is 31.4 Å². The first-order valence-corrected chi connectivity index (χ1v) is 12.3. The van der Waals surface area contributed by atoms with Crippen LogP contribution in [0.1, 0.15) is 64.2 Å². The zero-order chi connectivity index (χ0) is 20.8. The number of nitrogens with one attached hydrogen (secondary N) is 4. The van der Waals surface area contributed by atoms with E-state index in [4.69, 9.17) is 10.2 Å². The molecule has 0 atom stereocenters. The first-order chi connectivity index (χ1) is 14.1. The molecule has 1 heterocycles. The second-order valence-corrected chi connectivity index (χ2v) is 9.42. The Hall–Kier alpha value is -1.71. The van der Waals surface area contributed by atoms with Crippen LogP contribution in [0.15, 0.2) is 24.5 Å². The molecule has 8 nitrogen and oxygen atoms in total. The van der Waals surface area contributed by atoms with Crippen LogP contribution in [-0.4, -0.2) is 38.3 Å². The van der Waals surface area contributed by atoms with Crippen LogP contribution in [0.25, 0.3) is 0 Å². The number of nitrogens with zero attached hydrogens (tertiary/aromatic N) is 1. The van der Waals surface area contributed by atoms with Gasteiger partial charge in [0.25, 0.3) is 0 Å². The summed E-state index contributed by atoms with van der Waals surface area (Å²) in [4.78, 5) is 11.4. The third-order valence-corrected chi connectivity index (χ3v) is 6.33. The van der Waals surface area contributed by atoms with Crippen molar-refractivity contribution in [1.29, 1.82) is 5.41 Å². The lowest BCUT2D eigenvalue weighted by molar-refractivity contribution is 0.0771. The Morgan fingerprint density at radius 3 is 2.59 bits per heavy atom. The van der Waals surface area contributed by atoms with Gasteiger partial charge in [-0.2, -0.15) is 0 Å². The van der Waals surface area contributed by atoms with E-state index in [1.54, 1.807) is 24.5 Å². The number of aromatic nitrogens is 1. The Morgan fingerprint density at radius 2 is 1.83 bits per heavy atom. The van der Waals surface area contributed by atoms with Crippen LogP contribution in [0.2, 0.25) is 0 Å². The first kappa shape index (κ1) is 23.6. The zero-order valence-corrected chi connectivity index (χ0v) is 18.0. The van der Waals surface area contributed by atoms with Crippen LogP contribution in [-0.2, 0) is 14.9 Å². The van der Waals surface area contributed by atoms with Crippen molar-refractivity contribution in [3.63, 3.8) is 0 Å². The lowest BCUT2D eigenvalue weighted by Gasteiger charge is -2.21. The number of sulfonamides is 1. The second-order valence-electron chi connectivity index (χ2n) is 7.62.